The third-order valence-corrected chi connectivity index (χ3v) is 6.51. The maximum atomic E-state index is 12.8. The normalized spacial score (nSPS) is 18.9. The Labute approximate surface area is 156 Å². The molecule has 0 spiro atoms. The second-order valence-electron chi connectivity index (χ2n) is 6.48. The molecule has 1 amide bonds. The number of aromatic nitrogens is 2. The molecule has 9 heteroatoms. The van der Waals surface area contributed by atoms with Crippen LogP contribution in [0.1, 0.15) is 19.8 Å². The molecule has 26 heavy (non-hydrogen) atoms. The summed E-state index contributed by atoms with van der Waals surface area (Å²) >= 11 is 5.91. The van der Waals surface area contributed by atoms with Crippen molar-refractivity contribution in [2.24, 2.45) is 0 Å². The molecule has 1 saturated heterocycles. The number of nitrogens with zero attached hydrogens (tertiary/aromatic N) is 3. The van der Waals surface area contributed by atoms with E-state index in [0.717, 1.165) is 0 Å². The molecule has 1 atom stereocenters. The number of benzene rings is 1. The molecule has 1 aromatic heterocycles. The lowest BCUT2D eigenvalue weighted by Crippen LogP contribution is -2.44. The predicted octanol–water partition coefficient (Wildman–Crippen LogP) is 1.48. The molecule has 1 unspecified atom stereocenters. The van der Waals surface area contributed by atoms with Gasteiger partial charge in [0.1, 0.15) is 6.54 Å². The van der Waals surface area contributed by atoms with E-state index in [4.69, 9.17) is 11.6 Å². The van der Waals surface area contributed by atoms with Gasteiger partial charge < -0.3 is 4.90 Å². The van der Waals surface area contributed by atoms with E-state index in [-0.39, 0.29) is 35.6 Å². The first-order valence-corrected chi connectivity index (χ1v) is 10.7. The molecule has 0 radical (unpaired) electrons. The highest BCUT2D eigenvalue weighted by Crippen LogP contribution is 2.19. The van der Waals surface area contributed by atoms with Crippen LogP contribution in [0, 0.1) is 0 Å². The number of hydrogen-bond donors (Lipinski definition) is 0. The molecule has 1 aliphatic rings. The molecule has 0 saturated carbocycles. The first-order chi connectivity index (χ1) is 12.3. The van der Waals surface area contributed by atoms with Gasteiger partial charge in [0.05, 0.1) is 28.7 Å². The average Bonchev–Trinajstić information content (AvgIpc) is 2.94. The topological polar surface area (TPSA) is 89.3 Å². The van der Waals surface area contributed by atoms with E-state index in [1.807, 2.05) is 6.92 Å². The molecule has 0 bridgehead atoms. The van der Waals surface area contributed by atoms with E-state index in [0.29, 0.717) is 35.3 Å². The van der Waals surface area contributed by atoms with Crippen molar-refractivity contribution >= 4 is 38.2 Å². The van der Waals surface area contributed by atoms with Crippen molar-refractivity contribution < 1.29 is 13.2 Å². The highest BCUT2D eigenvalue weighted by Gasteiger charge is 2.34. The van der Waals surface area contributed by atoms with Crippen molar-refractivity contribution in [2.75, 3.05) is 18.1 Å². The maximum absolute atomic E-state index is 12.8. The molecular formula is C17H20ClN3O4S. The first-order valence-electron chi connectivity index (χ1n) is 8.45. The molecule has 2 aromatic rings. The lowest BCUT2D eigenvalue weighted by molar-refractivity contribution is -0.133. The maximum Gasteiger partial charge on any atom is 0.261 e. The first kappa shape index (κ1) is 18.8. The fourth-order valence-corrected chi connectivity index (χ4v) is 5.15. The zero-order valence-electron chi connectivity index (χ0n) is 14.4. The van der Waals surface area contributed by atoms with Gasteiger partial charge in [0, 0.05) is 17.6 Å². The smallest absolute Gasteiger partial charge is 0.261 e. The molecule has 0 aliphatic carbocycles. The van der Waals surface area contributed by atoms with Gasteiger partial charge >= 0.3 is 0 Å². The van der Waals surface area contributed by atoms with Crippen LogP contribution in [0.15, 0.2) is 29.3 Å². The third-order valence-electron chi connectivity index (χ3n) is 4.53. The third kappa shape index (κ3) is 3.91. The Morgan fingerprint density at radius 1 is 1.42 bits per heavy atom. The van der Waals surface area contributed by atoms with Gasteiger partial charge in [-0.25, -0.2) is 13.4 Å². The van der Waals surface area contributed by atoms with Crippen LogP contribution in [0.2, 0.25) is 5.02 Å². The van der Waals surface area contributed by atoms with E-state index in [2.05, 4.69) is 4.98 Å². The van der Waals surface area contributed by atoms with E-state index < -0.39 is 9.84 Å². The van der Waals surface area contributed by atoms with Gasteiger partial charge in [0.15, 0.2) is 9.84 Å². The fourth-order valence-electron chi connectivity index (χ4n) is 3.25. The van der Waals surface area contributed by atoms with E-state index in [1.165, 1.54) is 10.9 Å². The van der Waals surface area contributed by atoms with E-state index in [1.54, 1.807) is 23.1 Å². The quantitative estimate of drug-likeness (QED) is 0.762. The number of halogens is 1. The minimum Gasteiger partial charge on any atom is -0.337 e. The van der Waals surface area contributed by atoms with Gasteiger partial charge in [-0.05, 0) is 31.0 Å². The van der Waals surface area contributed by atoms with Gasteiger partial charge in [0.2, 0.25) is 5.91 Å². The fraction of sp³-hybridized carbons (Fsp3) is 0.471. The SMILES string of the molecule is CCCN(C(=O)Cn1cnc2cc(Cl)ccc2c1=O)C1CCS(=O)(=O)C1. The highest BCUT2D eigenvalue weighted by molar-refractivity contribution is 7.91. The summed E-state index contributed by atoms with van der Waals surface area (Å²) in [6, 6.07) is 4.46. The van der Waals surface area contributed by atoms with Gasteiger partial charge in [-0.2, -0.15) is 0 Å². The van der Waals surface area contributed by atoms with Crippen LogP contribution in [-0.2, 0) is 21.2 Å². The van der Waals surface area contributed by atoms with Crippen molar-refractivity contribution in [1.82, 2.24) is 14.5 Å². The summed E-state index contributed by atoms with van der Waals surface area (Å²) in [6.07, 6.45) is 2.48. The number of sulfone groups is 1. The van der Waals surface area contributed by atoms with Crippen LogP contribution in [0.3, 0.4) is 0 Å². The van der Waals surface area contributed by atoms with E-state index >= 15 is 0 Å². The standard InChI is InChI=1S/C17H20ClN3O4S/c1-2-6-21(13-5-7-26(24,25)10-13)16(22)9-20-11-19-15-8-12(18)3-4-14(15)17(20)23/h3-4,8,11,13H,2,5-7,9-10H2,1H3. The van der Waals surface area contributed by atoms with Crippen molar-refractivity contribution in [3.05, 3.63) is 39.9 Å². The Morgan fingerprint density at radius 2 is 2.19 bits per heavy atom. The van der Waals surface area contributed by atoms with Crippen molar-refractivity contribution in [3.8, 4) is 0 Å². The zero-order valence-corrected chi connectivity index (χ0v) is 16.0. The molecular weight excluding hydrogens is 378 g/mol. The van der Waals surface area contributed by atoms with E-state index in [9.17, 15) is 18.0 Å². The summed E-state index contributed by atoms with van der Waals surface area (Å²) in [6.45, 7) is 2.22. The zero-order chi connectivity index (χ0) is 18.9. The largest absolute Gasteiger partial charge is 0.337 e. The second-order valence-corrected chi connectivity index (χ2v) is 9.15. The summed E-state index contributed by atoms with van der Waals surface area (Å²) in [5, 5.41) is 0.866. The van der Waals surface area contributed by atoms with Gasteiger partial charge in [-0.1, -0.05) is 18.5 Å². The number of carbonyl (C=O) groups excluding carboxylic acids is 1. The number of fused-ring (bicyclic) bond motifs is 1. The lowest BCUT2D eigenvalue weighted by atomic mass is 10.2. The predicted molar refractivity (Wildman–Crippen MR) is 100 cm³/mol. The van der Waals surface area contributed by atoms with Crippen molar-refractivity contribution in [2.45, 2.75) is 32.4 Å². The summed E-state index contributed by atoms with van der Waals surface area (Å²) in [7, 11) is -3.09. The Hall–Kier alpha value is -1.93. The number of rotatable bonds is 5. The number of carbonyl (C=O) groups is 1. The molecule has 2 heterocycles. The Balaban J connectivity index is 1.85. The minimum atomic E-state index is -3.09. The number of amides is 1. The molecule has 1 aliphatic heterocycles. The van der Waals surface area contributed by atoms with Gasteiger partial charge in [-0.3, -0.25) is 14.2 Å². The molecule has 7 nitrogen and oxygen atoms in total. The summed E-state index contributed by atoms with van der Waals surface area (Å²) in [4.78, 5) is 31.1. The lowest BCUT2D eigenvalue weighted by Gasteiger charge is -2.28. The van der Waals surface area contributed by atoms with Crippen LogP contribution in [-0.4, -0.2) is 52.9 Å². The molecule has 0 N–H and O–H groups in total. The number of hydrogen-bond acceptors (Lipinski definition) is 5. The Bertz CT molecular complexity index is 1000. The molecule has 140 valence electrons. The van der Waals surface area contributed by atoms with Gasteiger partial charge in [0.25, 0.3) is 5.56 Å². The minimum absolute atomic E-state index is 0.0118. The van der Waals surface area contributed by atoms with Crippen LogP contribution in [0.5, 0.6) is 0 Å². The van der Waals surface area contributed by atoms with Crippen LogP contribution in [0.25, 0.3) is 10.9 Å². The molecule has 1 aromatic carbocycles. The van der Waals surface area contributed by atoms with Crippen LogP contribution in [0.4, 0.5) is 0 Å². The summed E-state index contributed by atoms with van der Waals surface area (Å²) in [5.41, 5.74) is 0.147. The second kappa shape index (κ2) is 7.36. The van der Waals surface area contributed by atoms with Crippen molar-refractivity contribution in [1.29, 1.82) is 0 Å². The van der Waals surface area contributed by atoms with Crippen LogP contribution < -0.4 is 5.56 Å². The van der Waals surface area contributed by atoms with Gasteiger partial charge in [-0.15, -0.1) is 0 Å². The summed E-state index contributed by atoms with van der Waals surface area (Å²) in [5.74, 6) is -0.183. The monoisotopic (exact) mass is 397 g/mol. The van der Waals surface area contributed by atoms with Crippen molar-refractivity contribution in [3.63, 3.8) is 0 Å². The molecule has 3 rings (SSSR count). The van der Waals surface area contributed by atoms with Crippen LogP contribution >= 0.6 is 11.6 Å². The Kier molecular flexibility index (Phi) is 5.34. The average molecular weight is 398 g/mol. The molecule has 1 fully saturated rings. The highest BCUT2D eigenvalue weighted by atomic mass is 35.5. The Morgan fingerprint density at radius 3 is 2.85 bits per heavy atom. The summed E-state index contributed by atoms with van der Waals surface area (Å²) < 4.78 is 24.7.